The Balaban J connectivity index is 1.74. The maximum atomic E-state index is 13.8. The number of aliphatic hydroxyl groups excluding tert-OH is 1. The molecule has 2 aliphatic carbocycles. The van der Waals surface area contributed by atoms with Crippen molar-refractivity contribution in [1.29, 1.82) is 0 Å². The second-order valence-corrected chi connectivity index (χ2v) is 11.7. The van der Waals surface area contributed by atoms with E-state index in [2.05, 4.69) is 16.0 Å². The number of ketones is 1. The first kappa shape index (κ1) is 30.1. The number of nitrogens with one attached hydrogen (secondary N) is 3. The Morgan fingerprint density at radius 2 is 1.74 bits per heavy atom. The summed E-state index contributed by atoms with van der Waals surface area (Å²) in [6, 6.07) is -5.25. The smallest absolute Gasteiger partial charge is 0.329 e. The van der Waals surface area contributed by atoms with Crippen LogP contribution >= 0.6 is 0 Å². The average molecular weight is 550 g/mol. The fourth-order valence-electron chi connectivity index (χ4n) is 4.84. The van der Waals surface area contributed by atoms with Gasteiger partial charge in [-0.25, -0.2) is 9.59 Å². The molecule has 1 saturated heterocycles. The van der Waals surface area contributed by atoms with E-state index in [1.165, 1.54) is 4.90 Å². The molecule has 1 unspecified atom stereocenters. The predicted octanol–water partition coefficient (Wildman–Crippen LogP) is -0.881. The number of carbonyl (C=O) groups is 6. The SMILES string of the molecule is CC(C)OC(=O)[C@@H](NC(=O)N[C@H](C(=O)N1C[C@@H]2C=C2[C@H]1C(=O)NC(CO)C(=O)C(N)=O)C(C)(C)C)C1CCC1. The third-order valence-electron chi connectivity index (χ3n) is 7.23. The molecule has 5 amide bonds. The zero-order valence-electron chi connectivity index (χ0n) is 23.0. The molecule has 0 aromatic rings. The van der Waals surface area contributed by atoms with Crippen molar-refractivity contribution in [3.63, 3.8) is 0 Å². The minimum Gasteiger partial charge on any atom is -0.461 e. The van der Waals surface area contributed by atoms with Crippen molar-refractivity contribution in [3.05, 3.63) is 11.6 Å². The van der Waals surface area contributed by atoms with Crippen LogP contribution in [-0.2, 0) is 28.7 Å². The Morgan fingerprint density at radius 1 is 1.10 bits per heavy atom. The Kier molecular flexibility index (Phi) is 9.04. The number of nitrogens with zero attached hydrogens (tertiary/aromatic N) is 1. The lowest BCUT2D eigenvalue weighted by Crippen LogP contribution is -2.62. The van der Waals surface area contributed by atoms with Gasteiger partial charge in [-0.2, -0.15) is 0 Å². The van der Waals surface area contributed by atoms with E-state index in [0.29, 0.717) is 5.57 Å². The van der Waals surface area contributed by atoms with Crippen molar-refractivity contribution in [3.8, 4) is 0 Å². The maximum absolute atomic E-state index is 13.8. The normalized spacial score (nSPS) is 22.4. The molecule has 39 heavy (non-hydrogen) atoms. The molecule has 0 radical (unpaired) electrons. The second-order valence-electron chi connectivity index (χ2n) is 11.7. The van der Waals surface area contributed by atoms with Gasteiger partial charge in [0, 0.05) is 12.5 Å². The van der Waals surface area contributed by atoms with E-state index in [1.807, 2.05) is 6.08 Å². The molecule has 1 heterocycles. The number of likely N-dealkylation sites (tertiary alicyclic amines) is 1. The third kappa shape index (κ3) is 6.94. The monoisotopic (exact) mass is 549 g/mol. The highest BCUT2D eigenvalue weighted by Crippen LogP contribution is 2.43. The first-order chi connectivity index (χ1) is 18.1. The van der Waals surface area contributed by atoms with E-state index in [1.54, 1.807) is 34.6 Å². The van der Waals surface area contributed by atoms with Crippen LogP contribution in [0.15, 0.2) is 11.6 Å². The topological polar surface area (TPSA) is 197 Å². The molecule has 0 aromatic carbocycles. The van der Waals surface area contributed by atoms with Crippen LogP contribution in [0.2, 0.25) is 0 Å². The van der Waals surface area contributed by atoms with Gasteiger partial charge in [0.25, 0.3) is 5.91 Å². The van der Waals surface area contributed by atoms with Gasteiger partial charge in [0.2, 0.25) is 17.6 Å². The molecule has 1 aliphatic heterocycles. The van der Waals surface area contributed by atoms with Gasteiger partial charge in [0.1, 0.15) is 24.2 Å². The number of Topliss-reactive ketones (excluding diaryl/α,β-unsaturated/α-hetero) is 1. The van der Waals surface area contributed by atoms with Gasteiger partial charge in [-0.1, -0.05) is 33.3 Å². The van der Waals surface area contributed by atoms with Gasteiger partial charge in [0.05, 0.1) is 12.7 Å². The largest absolute Gasteiger partial charge is 0.461 e. The average Bonchev–Trinajstić information content (AvgIpc) is 3.46. The van der Waals surface area contributed by atoms with Crippen LogP contribution in [0.1, 0.15) is 53.9 Å². The number of urea groups is 1. The van der Waals surface area contributed by atoms with Gasteiger partial charge in [-0.05, 0) is 43.6 Å². The molecular formula is C26H39N5O8. The number of primary amides is 1. The predicted molar refractivity (Wildman–Crippen MR) is 138 cm³/mol. The van der Waals surface area contributed by atoms with E-state index in [9.17, 15) is 33.9 Å². The summed E-state index contributed by atoms with van der Waals surface area (Å²) in [6.45, 7) is 8.06. The number of hydrogen-bond donors (Lipinski definition) is 5. The number of aliphatic hydroxyl groups is 1. The zero-order valence-corrected chi connectivity index (χ0v) is 23.0. The Morgan fingerprint density at radius 3 is 2.23 bits per heavy atom. The fraction of sp³-hybridized carbons (Fsp3) is 0.692. The minimum absolute atomic E-state index is 0.0564. The molecule has 13 heteroatoms. The summed E-state index contributed by atoms with van der Waals surface area (Å²) < 4.78 is 5.32. The molecular weight excluding hydrogens is 510 g/mol. The van der Waals surface area contributed by atoms with E-state index in [0.717, 1.165) is 19.3 Å². The maximum Gasteiger partial charge on any atom is 0.329 e. The van der Waals surface area contributed by atoms with E-state index in [4.69, 9.17) is 10.5 Å². The van der Waals surface area contributed by atoms with Crippen LogP contribution in [-0.4, -0.2) is 88.9 Å². The molecule has 216 valence electrons. The van der Waals surface area contributed by atoms with Crippen molar-refractivity contribution >= 4 is 35.5 Å². The highest BCUT2D eigenvalue weighted by atomic mass is 16.5. The quantitative estimate of drug-likeness (QED) is 0.124. The van der Waals surface area contributed by atoms with Crippen LogP contribution in [0.5, 0.6) is 0 Å². The summed E-state index contributed by atoms with van der Waals surface area (Å²) >= 11 is 0. The standard InChI is InChI=1S/C26H39N5O8/c1-12(2)39-24(37)17(13-7-6-8-13)29-25(38)30-20(26(3,4)5)23(36)31-10-14-9-15(14)18(31)22(35)28-16(11-32)19(33)21(27)34/h9,12-14,16-18,20,32H,6-8,10-11H2,1-5H3,(H2,27,34)(H,28,35)(H2,29,30,38)/t14-,16?,17-,18-,20+/m0/s1. The van der Waals surface area contributed by atoms with Crippen molar-refractivity contribution in [2.45, 2.75) is 84.2 Å². The molecule has 5 atom stereocenters. The van der Waals surface area contributed by atoms with Crippen molar-refractivity contribution in [2.24, 2.45) is 23.0 Å². The van der Waals surface area contributed by atoms with Crippen LogP contribution < -0.4 is 21.7 Å². The number of nitrogens with two attached hydrogens (primary N) is 1. The lowest BCUT2D eigenvalue weighted by atomic mass is 9.79. The molecule has 13 nitrogen and oxygen atoms in total. The van der Waals surface area contributed by atoms with Crippen molar-refractivity contribution < 1.29 is 38.6 Å². The van der Waals surface area contributed by atoms with Crippen LogP contribution in [0, 0.1) is 17.3 Å². The third-order valence-corrected chi connectivity index (χ3v) is 7.23. The highest BCUT2D eigenvalue weighted by molar-refractivity contribution is 6.38. The number of hydrogen-bond acceptors (Lipinski definition) is 8. The van der Waals surface area contributed by atoms with Gasteiger partial charge in [-0.3, -0.25) is 19.2 Å². The summed E-state index contributed by atoms with van der Waals surface area (Å²) in [5.41, 5.74) is 4.88. The fourth-order valence-corrected chi connectivity index (χ4v) is 4.84. The second kappa shape index (κ2) is 11.7. The van der Waals surface area contributed by atoms with Crippen molar-refractivity contribution in [2.75, 3.05) is 13.2 Å². The summed E-state index contributed by atoms with van der Waals surface area (Å²) in [7, 11) is 0. The number of amides is 5. The van der Waals surface area contributed by atoms with Gasteiger partial charge < -0.3 is 36.4 Å². The zero-order chi connectivity index (χ0) is 29.2. The van der Waals surface area contributed by atoms with Gasteiger partial charge >= 0.3 is 12.0 Å². The molecule has 0 aromatic heterocycles. The van der Waals surface area contributed by atoms with Crippen molar-refractivity contribution in [1.82, 2.24) is 20.9 Å². The van der Waals surface area contributed by atoms with E-state index >= 15 is 0 Å². The number of esters is 1. The number of carbonyl (C=O) groups excluding carboxylic acids is 6. The summed E-state index contributed by atoms with van der Waals surface area (Å²) in [5.74, 6) is -4.45. The Hall–Kier alpha value is -3.48. The minimum atomic E-state index is -1.54. The van der Waals surface area contributed by atoms with Crippen LogP contribution in [0.3, 0.4) is 0 Å². The van der Waals surface area contributed by atoms with Gasteiger partial charge in [-0.15, -0.1) is 0 Å². The summed E-state index contributed by atoms with van der Waals surface area (Å²) in [6.07, 6.45) is 3.95. The Bertz CT molecular complexity index is 1060. The highest BCUT2D eigenvalue weighted by Gasteiger charge is 2.52. The van der Waals surface area contributed by atoms with E-state index in [-0.39, 0.29) is 24.5 Å². The number of ether oxygens (including phenoxy) is 1. The van der Waals surface area contributed by atoms with E-state index < -0.39 is 71.7 Å². The molecule has 2 fully saturated rings. The lowest BCUT2D eigenvalue weighted by molar-refractivity contribution is -0.152. The Labute approximate surface area is 227 Å². The summed E-state index contributed by atoms with van der Waals surface area (Å²) in [4.78, 5) is 77.1. The molecule has 6 N–H and O–H groups in total. The molecule has 0 bridgehead atoms. The molecule has 3 rings (SSSR count). The van der Waals surface area contributed by atoms with Crippen LogP contribution in [0.25, 0.3) is 0 Å². The molecule has 1 saturated carbocycles. The number of rotatable bonds is 11. The van der Waals surface area contributed by atoms with Gasteiger partial charge in [0.15, 0.2) is 0 Å². The molecule has 3 aliphatic rings. The lowest BCUT2D eigenvalue weighted by Gasteiger charge is -2.37. The molecule has 0 spiro atoms. The first-order valence-electron chi connectivity index (χ1n) is 13.2. The number of fused-ring (bicyclic) bond motifs is 1. The van der Waals surface area contributed by atoms with Crippen LogP contribution in [0.4, 0.5) is 4.79 Å². The summed E-state index contributed by atoms with van der Waals surface area (Å²) in [5, 5.41) is 17.2. The first-order valence-corrected chi connectivity index (χ1v) is 13.2.